The lowest BCUT2D eigenvalue weighted by molar-refractivity contribution is 0.0104. The molecule has 0 aromatic carbocycles. The highest BCUT2D eigenvalue weighted by Gasteiger charge is 2.22. The summed E-state index contributed by atoms with van der Waals surface area (Å²) >= 11 is 0. The Labute approximate surface area is 95.0 Å². The molecule has 92 valence electrons. The van der Waals surface area contributed by atoms with E-state index in [1.807, 2.05) is 0 Å². The summed E-state index contributed by atoms with van der Waals surface area (Å²) in [5.74, 6) is 0. The van der Waals surface area contributed by atoms with Crippen molar-refractivity contribution in [2.24, 2.45) is 5.41 Å². The second-order valence-corrected chi connectivity index (χ2v) is 6.09. The molecule has 1 atom stereocenters. The van der Waals surface area contributed by atoms with Gasteiger partial charge in [0.25, 0.3) is 0 Å². The van der Waals surface area contributed by atoms with Crippen molar-refractivity contribution in [3.63, 3.8) is 0 Å². The van der Waals surface area contributed by atoms with Crippen LogP contribution in [0.1, 0.15) is 60.3 Å². The van der Waals surface area contributed by atoms with Gasteiger partial charge in [-0.15, -0.1) is 0 Å². The molecular weight excluding hydrogens is 188 g/mol. The number of rotatable bonds is 6. The first-order valence-corrected chi connectivity index (χ1v) is 5.92. The van der Waals surface area contributed by atoms with E-state index in [4.69, 9.17) is 4.74 Å². The highest BCUT2D eigenvalue weighted by atomic mass is 16.5. The van der Waals surface area contributed by atoms with Crippen molar-refractivity contribution in [1.82, 2.24) is 0 Å². The predicted octanol–water partition coefficient (Wildman–Crippen LogP) is 3.38. The summed E-state index contributed by atoms with van der Waals surface area (Å²) in [6.07, 6.45) is 3.95. The van der Waals surface area contributed by atoms with Crippen LogP contribution >= 0.6 is 0 Å². The summed E-state index contributed by atoms with van der Waals surface area (Å²) in [5, 5.41) is 9.84. The van der Waals surface area contributed by atoms with Gasteiger partial charge in [0.05, 0.1) is 11.7 Å². The summed E-state index contributed by atoms with van der Waals surface area (Å²) in [5.41, 5.74) is -0.0105. The molecule has 2 nitrogen and oxygen atoms in total. The molecule has 1 N–H and O–H groups in total. The van der Waals surface area contributed by atoms with Gasteiger partial charge >= 0.3 is 0 Å². The number of unbranched alkanes of at least 4 members (excludes halogenated alkanes) is 1. The molecule has 0 bridgehead atoms. The van der Waals surface area contributed by atoms with Crippen LogP contribution < -0.4 is 0 Å². The zero-order chi connectivity index (χ0) is 12.1. The zero-order valence-corrected chi connectivity index (χ0v) is 11.3. The minimum atomic E-state index is -0.192. The molecule has 0 rings (SSSR count). The van der Waals surface area contributed by atoms with Gasteiger partial charge < -0.3 is 9.84 Å². The van der Waals surface area contributed by atoms with Gasteiger partial charge in [-0.25, -0.2) is 0 Å². The molecule has 0 aliphatic carbocycles. The first-order valence-electron chi connectivity index (χ1n) is 5.92. The van der Waals surface area contributed by atoms with Crippen LogP contribution in [0.5, 0.6) is 0 Å². The Morgan fingerprint density at radius 1 is 1.07 bits per heavy atom. The van der Waals surface area contributed by atoms with Gasteiger partial charge in [0.15, 0.2) is 0 Å². The fourth-order valence-electron chi connectivity index (χ4n) is 1.42. The molecule has 0 heterocycles. The molecule has 1 unspecified atom stereocenters. The fraction of sp³-hybridized carbons (Fsp3) is 1.00. The Bertz CT molecular complexity index is 168. The molecule has 0 aromatic rings. The van der Waals surface area contributed by atoms with Crippen LogP contribution in [0.3, 0.4) is 0 Å². The summed E-state index contributed by atoms with van der Waals surface area (Å²) in [6, 6.07) is 0. The van der Waals surface area contributed by atoms with Gasteiger partial charge in [-0.1, -0.05) is 33.6 Å². The van der Waals surface area contributed by atoms with E-state index in [1.165, 1.54) is 0 Å². The van der Waals surface area contributed by atoms with E-state index >= 15 is 0 Å². The molecule has 0 radical (unpaired) electrons. The van der Waals surface area contributed by atoms with Gasteiger partial charge in [0.1, 0.15) is 0 Å². The maximum absolute atomic E-state index is 9.84. The quantitative estimate of drug-likeness (QED) is 0.690. The Morgan fingerprint density at radius 2 is 1.60 bits per heavy atom. The minimum Gasteiger partial charge on any atom is -0.393 e. The van der Waals surface area contributed by atoms with E-state index in [0.717, 1.165) is 25.7 Å². The van der Waals surface area contributed by atoms with Crippen molar-refractivity contribution in [3.05, 3.63) is 0 Å². The Kier molecular flexibility index (Phi) is 5.82. The number of hydrogen-bond donors (Lipinski definition) is 1. The van der Waals surface area contributed by atoms with Crippen LogP contribution in [0.15, 0.2) is 0 Å². The fourth-order valence-corrected chi connectivity index (χ4v) is 1.42. The van der Waals surface area contributed by atoms with Gasteiger partial charge in [0, 0.05) is 7.11 Å². The number of ether oxygens (including phenoxy) is 1. The first kappa shape index (κ1) is 14.9. The summed E-state index contributed by atoms with van der Waals surface area (Å²) < 4.78 is 5.35. The van der Waals surface area contributed by atoms with Crippen LogP contribution in [-0.2, 0) is 4.74 Å². The topological polar surface area (TPSA) is 29.5 Å². The van der Waals surface area contributed by atoms with Crippen LogP contribution in [0.4, 0.5) is 0 Å². The van der Waals surface area contributed by atoms with E-state index in [1.54, 1.807) is 7.11 Å². The predicted molar refractivity (Wildman–Crippen MR) is 65.0 cm³/mol. The molecule has 0 aliphatic heterocycles. The molecule has 2 heteroatoms. The number of aliphatic hydroxyl groups excluding tert-OH is 1. The Balaban J connectivity index is 3.64. The molecular formula is C13H28O2. The SMILES string of the molecule is COC(C)(C)CCCCC(O)C(C)(C)C. The van der Waals surface area contributed by atoms with Crippen LogP contribution in [0, 0.1) is 5.41 Å². The second-order valence-electron chi connectivity index (χ2n) is 6.09. The van der Waals surface area contributed by atoms with Crippen LogP contribution in [-0.4, -0.2) is 23.9 Å². The molecule has 15 heavy (non-hydrogen) atoms. The van der Waals surface area contributed by atoms with E-state index in [-0.39, 0.29) is 17.1 Å². The molecule has 0 fully saturated rings. The van der Waals surface area contributed by atoms with Crippen molar-refractivity contribution in [2.75, 3.05) is 7.11 Å². The van der Waals surface area contributed by atoms with Gasteiger partial charge in [-0.3, -0.25) is 0 Å². The number of hydrogen-bond acceptors (Lipinski definition) is 2. The van der Waals surface area contributed by atoms with Gasteiger partial charge in [0.2, 0.25) is 0 Å². The molecule has 0 aliphatic rings. The van der Waals surface area contributed by atoms with Crippen molar-refractivity contribution in [3.8, 4) is 0 Å². The zero-order valence-electron chi connectivity index (χ0n) is 11.3. The van der Waals surface area contributed by atoms with Gasteiger partial charge in [-0.2, -0.15) is 0 Å². The van der Waals surface area contributed by atoms with Crippen molar-refractivity contribution >= 4 is 0 Å². The lowest BCUT2D eigenvalue weighted by Gasteiger charge is -2.27. The summed E-state index contributed by atoms with van der Waals surface area (Å²) in [7, 11) is 1.75. The molecule has 0 aromatic heterocycles. The summed E-state index contributed by atoms with van der Waals surface area (Å²) in [4.78, 5) is 0. The lowest BCUT2D eigenvalue weighted by Crippen LogP contribution is -2.26. The first-order chi connectivity index (χ1) is 6.69. The number of methoxy groups -OCH3 is 1. The largest absolute Gasteiger partial charge is 0.393 e. The summed E-state index contributed by atoms with van der Waals surface area (Å²) in [6.45, 7) is 10.4. The normalized spacial score (nSPS) is 15.4. The van der Waals surface area contributed by atoms with Gasteiger partial charge in [-0.05, 0) is 32.1 Å². The highest BCUT2D eigenvalue weighted by molar-refractivity contribution is 4.73. The van der Waals surface area contributed by atoms with Crippen LogP contribution in [0.2, 0.25) is 0 Å². The third-order valence-electron chi connectivity index (χ3n) is 3.06. The minimum absolute atomic E-state index is 0.0107. The third-order valence-corrected chi connectivity index (χ3v) is 3.06. The average molecular weight is 216 g/mol. The molecule has 0 amide bonds. The monoisotopic (exact) mass is 216 g/mol. The van der Waals surface area contributed by atoms with Crippen LogP contribution in [0.25, 0.3) is 0 Å². The Morgan fingerprint density at radius 3 is 2.00 bits per heavy atom. The van der Waals surface area contributed by atoms with Crippen molar-refractivity contribution in [1.29, 1.82) is 0 Å². The highest BCUT2D eigenvalue weighted by Crippen LogP contribution is 2.24. The molecule has 0 saturated heterocycles. The maximum atomic E-state index is 9.84. The number of aliphatic hydroxyl groups is 1. The second kappa shape index (κ2) is 5.86. The standard InChI is InChI=1S/C13H28O2/c1-12(2,3)11(14)9-7-8-10-13(4,5)15-6/h11,14H,7-10H2,1-6H3. The average Bonchev–Trinajstić information content (AvgIpc) is 2.10. The van der Waals surface area contributed by atoms with Crippen molar-refractivity contribution < 1.29 is 9.84 Å². The lowest BCUT2D eigenvalue weighted by atomic mass is 9.85. The maximum Gasteiger partial charge on any atom is 0.0622 e. The van der Waals surface area contributed by atoms with Crippen molar-refractivity contribution in [2.45, 2.75) is 72.0 Å². The van der Waals surface area contributed by atoms with E-state index in [2.05, 4.69) is 34.6 Å². The Hall–Kier alpha value is -0.0800. The smallest absolute Gasteiger partial charge is 0.0622 e. The third kappa shape index (κ3) is 6.91. The molecule has 0 saturated carbocycles. The van der Waals surface area contributed by atoms with E-state index < -0.39 is 0 Å². The van der Waals surface area contributed by atoms with E-state index in [9.17, 15) is 5.11 Å². The van der Waals surface area contributed by atoms with E-state index in [0.29, 0.717) is 0 Å². The molecule has 0 spiro atoms.